The predicted octanol–water partition coefficient (Wildman–Crippen LogP) is 2.69. The van der Waals surface area contributed by atoms with E-state index in [1.165, 1.54) is 17.3 Å². The number of anilines is 1. The third-order valence-electron chi connectivity index (χ3n) is 4.77. The highest BCUT2D eigenvalue weighted by atomic mass is 32.2. The number of amides is 2. The third kappa shape index (κ3) is 3.76. The van der Waals surface area contributed by atoms with Crippen LogP contribution in [0, 0.1) is 0 Å². The van der Waals surface area contributed by atoms with Gasteiger partial charge in [-0.2, -0.15) is 0 Å². The lowest BCUT2D eigenvalue weighted by molar-refractivity contribution is -0.113. The van der Waals surface area contributed by atoms with E-state index in [0.717, 1.165) is 43.3 Å². The summed E-state index contributed by atoms with van der Waals surface area (Å²) in [7, 11) is 0. The lowest BCUT2D eigenvalue weighted by atomic mass is 10.1. The average Bonchev–Trinajstić information content (AvgIpc) is 2.68. The van der Waals surface area contributed by atoms with Crippen molar-refractivity contribution in [1.82, 2.24) is 9.80 Å². The zero-order chi connectivity index (χ0) is 17.9. The van der Waals surface area contributed by atoms with Crippen LogP contribution in [-0.4, -0.2) is 53.5 Å². The number of nitrogens with zero attached hydrogens (tertiary/aromatic N) is 2. The Hall–Kier alpha value is -2.31. The van der Waals surface area contributed by atoms with Gasteiger partial charge in [0, 0.05) is 43.2 Å². The van der Waals surface area contributed by atoms with Gasteiger partial charge in [-0.25, -0.2) is 0 Å². The Morgan fingerprint density at radius 1 is 1.04 bits per heavy atom. The Bertz CT molecular complexity index is 817. The minimum atomic E-state index is -0.0124. The Morgan fingerprint density at radius 3 is 2.58 bits per heavy atom. The topological polar surface area (TPSA) is 52.7 Å². The first-order valence-corrected chi connectivity index (χ1v) is 9.80. The lowest BCUT2D eigenvalue weighted by Crippen LogP contribution is -2.48. The van der Waals surface area contributed by atoms with E-state index in [9.17, 15) is 9.59 Å². The van der Waals surface area contributed by atoms with Crippen LogP contribution < -0.4 is 5.32 Å². The molecule has 6 heteroatoms. The lowest BCUT2D eigenvalue weighted by Gasteiger charge is -2.35. The number of piperazine rings is 1. The molecule has 4 rings (SSSR count). The van der Waals surface area contributed by atoms with E-state index in [-0.39, 0.29) is 11.8 Å². The summed E-state index contributed by atoms with van der Waals surface area (Å²) in [6.07, 6.45) is 0. The second kappa shape index (κ2) is 7.51. The van der Waals surface area contributed by atoms with Gasteiger partial charge >= 0.3 is 0 Å². The molecule has 1 N–H and O–H groups in total. The van der Waals surface area contributed by atoms with Gasteiger partial charge < -0.3 is 10.2 Å². The standard InChI is InChI=1S/C20H21N3O2S/c24-19-14-26-18-7-6-16(12-17(18)21-19)20(25)23-10-8-22(9-11-23)13-15-4-2-1-3-5-15/h1-7,12H,8-11,13-14H2,(H,21,24). The normalized spacial score (nSPS) is 17.5. The Kier molecular flexibility index (Phi) is 4.95. The molecule has 0 aromatic heterocycles. The summed E-state index contributed by atoms with van der Waals surface area (Å²) in [6.45, 7) is 4.12. The first-order valence-electron chi connectivity index (χ1n) is 8.81. The van der Waals surface area contributed by atoms with Crippen LogP contribution >= 0.6 is 11.8 Å². The summed E-state index contributed by atoms with van der Waals surface area (Å²) in [4.78, 5) is 29.7. The molecule has 2 aromatic rings. The van der Waals surface area contributed by atoms with Gasteiger partial charge in [-0.05, 0) is 23.8 Å². The van der Waals surface area contributed by atoms with E-state index >= 15 is 0 Å². The SMILES string of the molecule is O=C1CSc2ccc(C(=O)N3CCN(Cc4ccccc4)CC3)cc2N1. The molecule has 2 aromatic carbocycles. The van der Waals surface area contributed by atoms with E-state index < -0.39 is 0 Å². The molecule has 26 heavy (non-hydrogen) atoms. The second-order valence-electron chi connectivity index (χ2n) is 6.60. The van der Waals surface area contributed by atoms with Crippen LogP contribution in [0.25, 0.3) is 0 Å². The van der Waals surface area contributed by atoms with Crippen LogP contribution in [0.2, 0.25) is 0 Å². The van der Waals surface area contributed by atoms with Crippen molar-refractivity contribution < 1.29 is 9.59 Å². The maximum Gasteiger partial charge on any atom is 0.254 e. The van der Waals surface area contributed by atoms with E-state index in [4.69, 9.17) is 0 Å². The third-order valence-corrected chi connectivity index (χ3v) is 5.84. The van der Waals surface area contributed by atoms with Gasteiger partial charge in [0.2, 0.25) is 5.91 Å². The van der Waals surface area contributed by atoms with Crippen molar-refractivity contribution in [3.63, 3.8) is 0 Å². The molecular formula is C20H21N3O2S. The minimum absolute atomic E-state index is 0.0124. The maximum absolute atomic E-state index is 12.8. The molecule has 0 unspecified atom stereocenters. The van der Waals surface area contributed by atoms with E-state index in [1.807, 2.05) is 23.1 Å². The molecule has 5 nitrogen and oxygen atoms in total. The molecule has 0 bridgehead atoms. The Morgan fingerprint density at radius 2 is 1.81 bits per heavy atom. The number of hydrogen-bond donors (Lipinski definition) is 1. The molecule has 1 fully saturated rings. The fraction of sp³-hybridized carbons (Fsp3) is 0.300. The van der Waals surface area contributed by atoms with Gasteiger partial charge in [-0.1, -0.05) is 30.3 Å². The molecule has 1 saturated heterocycles. The number of benzene rings is 2. The first-order chi connectivity index (χ1) is 12.7. The molecular weight excluding hydrogens is 346 g/mol. The minimum Gasteiger partial charge on any atom is -0.336 e. The van der Waals surface area contributed by atoms with Gasteiger partial charge in [0.25, 0.3) is 5.91 Å². The summed E-state index contributed by atoms with van der Waals surface area (Å²) in [5.41, 5.74) is 2.69. The second-order valence-corrected chi connectivity index (χ2v) is 7.62. The van der Waals surface area contributed by atoms with Gasteiger partial charge in [-0.15, -0.1) is 11.8 Å². The van der Waals surface area contributed by atoms with Crippen molar-refractivity contribution in [2.75, 3.05) is 37.2 Å². The average molecular weight is 367 g/mol. The first kappa shape index (κ1) is 17.1. The molecule has 0 radical (unpaired) electrons. The molecule has 0 aliphatic carbocycles. The van der Waals surface area contributed by atoms with Crippen LogP contribution in [0.3, 0.4) is 0 Å². The molecule has 2 amide bonds. The van der Waals surface area contributed by atoms with Gasteiger partial charge in [0.15, 0.2) is 0 Å². The zero-order valence-electron chi connectivity index (χ0n) is 14.5. The Balaban J connectivity index is 1.38. The highest BCUT2D eigenvalue weighted by Gasteiger charge is 2.24. The monoisotopic (exact) mass is 367 g/mol. The largest absolute Gasteiger partial charge is 0.336 e. The van der Waals surface area contributed by atoms with Crippen LogP contribution in [0.5, 0.6) is 0 Å². The predicted molar refractivity (Wildman–Crippen MR) is 103 cm³/mol. The fourth-order valence-electron chi connectivity index (χ4n) is 3.35. The summed E-state index contributed by atoms with van der Waals surface area (Å²) in [6, 6.07) is 16.0. The van der Waals surface area contributed by atoms with E-state index in [1.54, 1.807) is 6.07 Å². The summed E-state index contributed by atoms with van der Waals surface area (Å²) in [5, 5.41) is 2.85. The van der Waals surface area contributed by atoms with Gasteiger partial charge in [0.05, 0.1) is 11.4 Å². The number of carbonyl (C=O) groups excluding carboxylic acids is 2. The van der Waals surface area contributed by atoms with Crippen molar-refractivity contribution in [3.05, 3.63) is 59.7 Å². The molecule has 2 aliphatic rings. The summed E-state index contributed by atoms with van der Waals surface area (Å²) in [5.74, 6) is 0.461. The van der Waals surface area contributed by atoms with Crippen LogP contribution in [0.1, 0.15) is 15.9 Å². The molecule has 0 atom stereocenters. The maximum atomic E-state index is 12.8. The van der Waals surface area contributed by atoms with Gasteiger partial charge in [0.1, 0.15) is 0 Å². The highest BCUT2D eigenvalue weighted by molar-refractivity contribution is 8.00. The molecule has 134 valence electrons. The van der Waals surface area contributed by atoms with Gasteiger partial charge in [-0.3, -0.25) is 14.5 Å². The Labute approximate surface area is 157 Å². The highest BCUT2D eigenvalue weighted by Crippen LogP contribution is 2.32. The van der Waals surface area contributed by atoms with E-state index in [2.05, 4.69) is 34.5 Å². The summed E-state index contributed by atoms with van der Waals surface area (Å²) < 4.78 is 0. The quantitative estimate of drug-likeness (QED) is 0.906. The van der Waals surface area contributed by atoms with Crippen molar-refractivity contribution in [1.29, 1.82) is 0 Å². The fourth-order valence-corrected chi connectivity index (χ4v) is 4.14. The number of carbonyl (C=O) groups is 2. The molecule has 2 heterocycles. The van der Waals surface area contributed by atoms with Crippen molar-refractivity contribution in [2.45, 2.75) is 11.4 Å². The molecule has 0 saturated carbocycles. The smallest absolute Gasteiger partial charge is 0.254 e. The number of thioether (sulfide) groups is 1. The number of fused-ring (bicyclic) bond motifs is 1. The number of rotatable bonds is 3. The zero-order valence-corrected chi connectivity index (χ0v) is 15.3. The summed E-state index contributed by atoms with van der Waals surface area (Å²) >= 11 is 1.51. The number of hydrogen-bond acceptors (Lipinski definition) is 4. The van der Waals surface area contributed by atoms with Crippen LogP contribution in [-0.2, 0) is 11.3 Å². The van der Waals surface area contributed by atoms with E-state index in [0.29, 0.717) is 11.3 Å². The van der Waals surface area contributed by atoms with Crippen molar-refractivity contribution in [2.24, 2.45) is 0 Å². The van der Waals surface area contributed by atoms with Crippen LogP contribution in [0.4, 0.5) is 5.69 Å². The number of nitrogens with one attached hydrogen (secondary N) is 1. The van der Waals surface area contributed by atoms with Crippen molar-refractivity contribution >= 4 is 29.3 Å². The molecule has 2 aliphatic heterocycles. The van der Waals surface area contributed by atoms with Crippen LogP contribution in [0.15, 0.2) is 53.4 Å². The molecule has 0 spiro atoms. The van der Waals surface area contributed by atoms with Crippen molar-refractivity contribution in [3.8, 4) is 0 Å².